The van der Waals surface area contributed by atoms with E-state index < -0.39 is 5.25 Å². The van der Waals surface area contributed by atoms with Gasteiger partial charge in [0.1, 0.15) is 6.92 Å². The molecule has 0 aliphatic carbocycles. The minimum Gasteiger partial charge on any atom is -0.149 e. The third kappa shape index (κ3) is 2760. The van der Waals surface area contributed by atoms with Gasteiger partial charge in [-0.05, 0) is 0 Å². The molecule has 0 nitrogen and oxygen atoms in total. The van der Waals surface area contributed by atoms with E-state index in [1.807, 2.05) is 0 Å². The van der Waals surface area contributed by atoms with E-state index in [9.17, 15) is 8.78 Å². The normalized spacial score (nSPS) is 11.8. The number of hydrogen-bond acceptors (Lipinski definition) is 1. The van der Waals surface area contributed by atoms with E-state index >= 15 is 0 Å². The summed E-state index contributed by atoms with van der Waals surface area (Å²) in [6.45, 7) is 2.30. The molecule has 3 heteroatoms. The van der Waals surface area contributed by atoms with Crippen molar-refractivity contribution in [1.82, 2.24) is 0 Å². The first-order valence-electron chi connectivity index (χ1n) is 0.955. The van der Waals surface area contributed by atoms with Gasteiger partial charge >= 0.3 is 5.25 Å². The molecule has 0 radical (unpaired) electrons. The zero-order chi connectivity index (χ0) is 4.50. The average Bonchev–Trinajstić information content (AvgIpc) is 0.722. The Morgan fingerprint density at radius 2 is 1.60 bits per heavy atom. The topological polar surface area (TPSA) is 0 Å². The average molecular weight is 97.1 g/mol. The van der Waals surface area contributed by atoms with Gasteiger partial charge in [-0.1, -0.05) is 12.6 Å². The second-order valence-corrected chi connectivity index (χ2v) is 1.32. The van der Waals surface area contributed by atoms with E-state index in [0.29, 0.717) is 0 Å². The first kappa shape index (κ1) is 5.08. The van der Waals surface area contributed by atoms with Gasteiger partial charge in [-0.3, -0.25) is 0 Å². The van der Waals surface area contributed by atoms with Gasteiger partial charge in [0.05, 0.1) is 0 Å². The van der Waals surface area contributed by atoms with Gasteiger partial charge in [-0.2, -0.15) is 0 Å². The van der Waals surface area contributed by atoms with Crippen molar-refractivity contribution in [3.8, 4) is 0 Å². The molecule has 0 aromatic carbocycles. The molecule has 0 unspecified atom stereocenters. The molecule has 0 rings (SSSR count). The predicted octanol–water partition coefficient (Wildman–Crippen LogP) is 1.34. The molecule has 0 aromatic heterocycles. The Labute approximate surface area is 34.6 Å². The van der Waals surface area contributed by atoms with Crippen molar-refractivity contribution in [2.45, 2.75) is 5.25 Å². The van der Waals surface area contributed by atoms with E-state index in [2.05, 4.69) is 19.6 Å². The smallest absolute Gasteiger partial charge is 0.149 e. The van der Waals surface area contributed by atoms with E-state index in [4.69, 9.17) is 0 Å². The lowest BCUT2D eigenvalue weighted by molar-refractivity contribution is 0.162. The highest BCUT2D eigenvalue weighted by Crippen LogP contribution is 2.13. The molecule has 0 aromatic rings. The van der Waals surface area contributed by atoms with Crippen LogP contribution in [0.15, 0.2) is 0 Å². The number of hydrogen-bond donors (Lipinski definition) is 1. The van der Waals surface area contributed by atoms with Crippen molar-refractivity contribution < 1.29 is 8.78 Å². The molecule has 0 bridgehead atoms. The number of halogens is 2. The molecule has 0 fully saturated rings. The fourth-order valence-corrected chi connectivity index (χ4v) is 0. The Morgan fingerprint density at radius 1 is 1.60 bits per heavy atom. The highest BCUT2D eigenvalue weighted by molar-refractivity contribution is 7.81. The zero-order valence-electron chi connectivity index (χ0n) is 2.41. The van der Waals surface area contributed by atoms with Gasteiger partial charge in [0.25, 0.3) is 0 Å². The summed E-state index contributed by atoms with van der Waals surface area (Å²) < 4.78 is 21.5. The molecular formula is C2H3F2S+. The van der Waals surface area contributed by atoms with Gasteiger partial charge < -0.3 is 0 Å². The molecule has 0 saturated carbocycles. The van der Waals surface area contributed by atoms with Crippen molar-refractivity contribution in [1.29, 1.82) is 0 Å². The van der Waals surface area contributed by atoms with Crippen molar-refractivity contribution in [2.75, 3.05) is 0 Å². The molecule has 0 aliphatic rings. The summed E-state index contributed by atoms with van der Waals surface area (Å²) in [5, 5.41) is -3.06. The summed E-state index contributed by atoms with van der Waals surface area (Å²) in [7, 11) is 0. The standard InChI is InChI=1S/C2H2F2S/c1-2(3,4)5/h1H2/p+1. The largest absolute Gasteiger partial charge is 0.432 e. The van der Waals surface area contributed by atoms with Crippen LogP contribution in [0.1, 0.15) is 0 Å². The molecular weight excluding hydrogens is 94.1 g/mol. The highest BCUT2D eigenvalue weighted by Gasteiger charge is 2.21. The third-order valence-electron chi connectivity index (χ3n) is 0. The lowest BCUT2D eigenvalue weighted by atomic mass is 10.9. The molecule has 0 N–H and O–H groups in total. The van der Waals surface area contributed by atoms with Gasteiger partial charge in [-0.15, -0.1) is 8.78 Å². The molecule has 0 saturated heterocycles. The molecule has 30 valence electrons. The molecule has 5 heavy (non-hydrogen) atoms. The first-order valence-corrected chi connectivity index (χ1v) is 1.40. The lowest BCUT2D eigenvalue weighted by Gasteiger charge is -1.83. The Balaban J connectivity index is 3.02. The molecule has 0 amide bonds. The van der Waals surface area contributed by atoms with Crippen LogP contribution in [0.25, 0.3) is 0 Å². The summed E-state index contributed by atoms with van der Waals surface area (Å²) in [6.07, 6.45) is 0. The monoisotopic (exact) mass is 97.0 g/mol. The summed E-state index contributed by atoms with van der Waals surface area (Å²) >= 11 is 2.68. The number of alkyl halides is 2. The summed E-state index contributed by atoms with van der Waals surface area (Å²) in [6, 6.07) is 0. The maximum absolute atomic E-state index is 10.8. The molecule has 0 atom stereocenters. The molecule has 0 heterocycles. The maximum Gasteiger partial charge on any atom is 0.432 e. The summed E-state index contributed by atoms with van der Waals surface area (Å²) in [5.74, 6) is 0. The van der Waals surface area contributed by atoms with E-state index in [1.165, 1.54) is 0 Å². The Bertz CT molecular complexity index is 23.1. The van der Waals surface area contributed by atoms with Crippen LogP contribution >= 0.6 is 12.6 Å². The summed E-state index contributed by atoms with van der Waals surface area (Å²) in [4.78, 5) is 0. The number of thiol groups is 1. The van der Waals surface area contributed by atoms with Gasteiger partial charge in [-0.25, -0.2) is 0 Å². The lowest BCUT2D eigenvalue weighted by Crippen LogP contribution is -1.94. The number of rotatable bonds is 0. The van der Waals surface area contributed by atoms with Gasteiger partial charge in [0.2, 0.25) is 0 Å². The van der Waals surface area contributed by atoms with Crippen molar-refractivity contribution in [3.63, 3.8) is 0 Å². The molecule has 0 aliphatic heterocycles. The van der Waals surface area contributed by atoms with Crippen LogP contribution in [-0.4, -0.2) is 5.25 Å². The van der Waals surface area contributed by atoms with E-state index in [-0.39, 0.29) is 0 Å². The van der Waals surface area contributed by atoms with Crippen LogP contribution < -0.4 is 0 Å². The van der Waals surface area contributed by atoms with Crippen LogP contribution in [0.3, 0.4) is 0 Å². The molecule has 0 spiro atoms. The predicted molar refractivity (Wildman–Crippen MR) is 19.3 cm³/mol. The Kier molecular flexibility index (Phi) is 1.06. The van der Waals surface area contributed by atoms with Crippen molar-refractivity contribution in [3.05, 3.63) is 6.92 Å². The third-order valence-corrected chi connectivity index (χ3v) is 0. The van der Waals surface area contributed by atoms with E-state index in [0.717, 1.165) is 0 Å². The van der Waals surface area contributed by atoms with Crippen LogP contribution in [-0.2, 0) is 0 Å². The minimum atomic E-state index is -3.06. The zero-order valence-corrected chi connectivity index (χ0v) is 3.30. The van der Waals surface area contributed by atoms with Gasteiger partial charge in [0.15, 0.2) is 0 Å². The van der Waals surface area contributed by atoms with Crippen LogP contribution in [0.5, 0.6) is 0 Å². The van der Waals surface area contributed by atoms with Crippen molar-refractivity contribution >= 4 is 12.6 Å². The maximum atomic E-state index is 10.8. The van der Waals surface area contributed by atoms with Crippen LogP contribution in [0.2, 0.25) is 0 Å². The fourth-order valence-electron chi connectivity index (χ4n) is 0. The van der Waals surface area contributed by atoms with Gasteiger partial charge in [0, 0.05) is 0 Å². The minimum absolute atomic E-state index is 2.30. The highest BCUT2D eigenvalue weighted by atomic mass is 32.1. The van der Waals surface area contributed by atoms with Crippen LogP contribution in [0, 0.1) is 6.92 Å². The second-order valence-electron chi connectivity index (χ2n) is 0.666. The Morgan fingerprint density at radius 3 is 1.60 bits per heavy atom. The van der Waals surface area contributed by atoms with Crippen LogP contribution in [0.4, 0.5) is 8.78 Å². The van der Waals surface area contributed by atoms with E-state index in [1.54, 1.807) is 0 Å². The first-order chi connectivity index (χ1) is 2.00. The summed E-state index contributed by atoms with van der Waals surface area (Å²) in [5.41, 5.74) is 0. The second kappa shape index (κ2) is 1.05. The van der Waals surface area contributed by atoms with Crippen molar-refractivity contribution in [2.24, 2.45) is 0 Å². The quantitative estimate of drug-likeness (QED) is 0.342. The Hall–Kier alpha value is 0.0800. The SMILES string of the molecule is [CH2+]C(F)(F)S. The fraction of sp³-hybridized carbons (Fsp3) is 0.500.